The minimum atomic E-state index is -3.56. The second-order valence-corrected chi connectivity index (χ2v) is 8.37. The first-order chi connectivity index (χ1) is 12.2. The van der Waals surface area contributed by atoms with Gasteiger partial charge < -0.3 is 5.32 Å². The molecule has 5 nitrogen and oxygen atoms in total. The Kier molecular flexibility index (Phi) is 6.56. The summed E-state index contributed by atoms with van der Waals surface area (Å²) in [7, 11) is -3.56. The molecule has 2 aromatic carbocycles. The van der Waals surface area contributed by atoms with Crippen LogP contribution in [-0.2, 0) is 10.0 Å². The summed E-state index contributed by atoms with van der Waals surface area (Å²) in [5.41, 5.74) is 2.28. The number of para-hydroxylation sites is 1. The Labute approximate surface area is 155 Å². The van der Waals surface area contributed by atoms with E-state index in [1.807, 2.05) is 24.3 Å². The van der Waals surface area contributed by atoms with Crippen LogP contribution in [0.1, 0.15) is 56.0 Å². The van der Waals surface area contributed by atoms with Crippen molar-refractivity contribution >= 4 is 21.6 Å². The fourth-order valence-corrected chi connectivity index (χ4v) is 3.87. The van der Waals surface area contributed by atoms with E-state index in [0.717, 1.165) is 17.7 Å². The van der Waals surface area contributed by atoms with Gasteiger partial charge in [-0.2, -0.15) is 0 Å². The summed E-state index contributed by atoms with van der Waals surface area (Å²) in [6, 6.07) is 13.5. The third kappa shape index (κ3) is 4.93. The lowest BCUT2D eigenvalue weighted by molar-refractivity contribution is 0.102. The number of hydrogen-bond acceptors (Lipinski definition) is 3. The van der Waals surface area contributed by atoms with Gasteiger partial charge in [0, 0.05) is 17.3 Å². The van der Waals surface area contributed by atoms with E-state index in [-0.39, 0.29) is 16.8 Å². The number of amides is 1. The number of anilines is 1. The van der Waals surface area contributed by atoms with Gasteiger partial charge in [0.2, 0.25) is 10.0 Å². The lowest BCUT2D eigenvalue weighted by Gasteiger charge is -2.16. The second kappa shape index (κ2) is 8.47. The van der Waals surface area contributed by atoms with Crippen LogP contribution in [0.15, 0.2) is 53.4 Å². The largest absolute Gasteiger partial charge is 0.322 e. The van der Waals surface area contributed by atoms with Crippen molar-refractivity contribution in [3.05, 3.63) is 59.7 Å². The van der Waals surface area contributed by atoms with Gasteiger partial charge in [0.05, 0.1) is 4.90 Å². The highest BCUT2D eigenvalue weighted by Gasteiger charge is 2.17. The molecule has 0 aliphatic heterocycles. The van der Waals surface area contributed by atoms with Crippen molar-refractivity contribution in [2.24, 2.45) is 0 Å². The highest BCUT2D eigenvalue weighted by molar-refractivity contribution is 7.89. The van der Waals surface area contributed by atoms with Gasteiger partial charge in [0.25, 0.3) is 5.91 Å². The molecule has 140 valence electrons. The fraction of sp³-hybridized carbons (Fsp3) is 0.350. The molecular formula is C20H26N2O3S. The lowest BCUT2D eigenvalue weighted by Crippen LogP contribution is -2.30. The van der Waals surface area contributed by atoms with E-state index in [2.05, 4.69) is 23.9 Å². The molecule has 1 amide bonds. The Hall–Kier alpha value is -2.18. The predicted octanol–water partition coefficient (Wildman–Crippen LogP) is 4.14. The van der Waals surface area contributed by atoms with Crippen LogP contribution in [0.5, 0.6) is 0 Å². The number of carbonyl (C=O) groups excluding carboxylic acids is 1. The molecule has 0 fully saturated rings. The van der Waals surface area contributed by atoms with Crippen molar-refractivity contribution in [3.8, 4) is 0 Å². The van der Waals surface area contributed by atoms with Crippen LogP contribution >= 0.6 is 0 Å². The Morgan fingerprint density at radius 2 is 1.62 bits per heavy atom. The topological polar surface area (TPSA) is 75.3 Å². The smallest absolute Gasteiger partial charge is 0.255 e. The van der Waals surface area contributed by atoms with Gasteiger partial charge >= 0.3 is 0 Å². The van der Waals surface area contributed by atoms with E-state index in [0.29, 0.717) is 11.5 Å². The summed E-state index contributed by atoms with van der Waals surface area (Å²) in [6.07, 6.45) is 0.974. The number of benzene rings is 2. The van der Waals surface area contributed by atoms with Crippen molar-refractivity contribution in [2.45, 2.75) is 51.0 Å². The minimum Gasteiger partial charge on any atom is -0.322 e. The summed E-state index contributed by atoms with van der Waals surface area (Å²) in [5, 5.41) is 2.93. The molecule has 26 heavy (non-hydrogen) atoms. The second-order valence-electron chi connectivity index (χ2n) is 6.65. The van der Waals surface area contributed by atoms with Crippen LogP contribution in [0.2, 0.25) is 0 Å². The zero-order valence-corrected chi connectivity index (χ0v) is 16.4. The van der Waals surface area contributed by atoms with E-state index in [4.69, 9.17) is 0 Å². The highest BCUT2D eigenvalue weighted by atomic mass is 32.2. The number of carbonyl (C=O) groups is 1. The standard InChI is InChI=1S/C20H26N2O3S/c1-5-15(4)18-8-6-7-9-19(18)21-20(23)16-10-12-17(13-11-16)26(24,25)22-14(2)3/h6-15,22H,5H2,1-4H3,(H,21,23)/t15-/m1/s1. The van der Waals surface area contributed by atoms with Gasteiger partial charge in [-0.05, 0) is 62.1 Å². The van der Waals surface area contributed by atoms with Crippen LogP contribution in [0.25, 0.3) is 0 Å². The number of nitrogens with one attached hydrogen (secondary N) is 2. The first-order valence-electron chi connectivity index (χ1n) is 8.77. The molecule has 0 heterocycles. The summed E-state index contributed by atoms with van der Waals surface area (Å²) < 4.78 is 26.8. The first-order valence-corrected chi connectivity index (χ1v) is 10.3. The van der Waals surface area contributed by atoms with Crippen molar-refractivity contribution in [1.82, 2.24) is 4.72 Å². The van der Waals surface area contributed by atoms with Crippen LogP contribution in [0, 0.1) is 0 Å². The molecule has 2 rings (SSSR count). The van der Waals surface area contributed by atoms with Gasteiger partial charge in [-0.25, -0.2) is 13.1 Å². The monoisotopic (exact) mass is 374 g/mol. The Morgan fingerprint density at radius 1 is 1.00 bits per heavy atom. The molecule has 0 saturated carbocycles. The third-order valence-electron chi connectivity index (χ3n) is 4.17. The summed E-state index contributed by atoms with van der Waals surface area (Å²) >= 11 is 0. The molecule has 0 spiro atoms. The minimum absolute atomic E-state index is 0.141. The highest BCUT2D eigenvalue weighted by Crippen LogP contribution is 2.27. The fourth-order valence-electron chi connectivity index (χ4n) is 2.62. The lowest BCUT2D eigenvalue weighted by atomic mass is 9.97. The van der Waals surface area contributed by atoms with E-state index in [1.54, 1.807) is 13.8 Å². The number of hydrogen-bond donors (Lipinski definition) is 2. The van der Waals surface area contributed by atoms with Gasteiger partial charge in [-0.3, -0.25) is 4.79 Å². The summed E-state index contributed by atoms with van der Waals surface area (Å²) in [5.74, 6) is 0.0719. The van der Waals surface area contributed by atoms with Crippen molar-refractivity contribution < 1.29 is 13.2 Å². The zero-order valence-electron chi connectivity index (χ0n) is 15.6. The molecule has 2 N–H and O–H groups in total. The predicted molar refractivity (Wildman–Crippen MR) is 105 cm³/mol. The van der Waals surface area contributed by atoms with Gasteiger partial charge in [0.15, 0.2) is 0 Å². The SMILES string of the molecule is CC[C@@H](C)c1ccccc1NC(=O)c1ccc(S(=O)(=O)NC(C)C)cc1. The third-order valence-corrected chi connectivity index (χ3v) is 5.84. The Balaban J connectivity index is 2.19. The molecule has 2 aromatic rings. The molecule has 0 saturated heterocycles. The van der Waals surface area contributed by atoms with E-state index < -0.39 is 10.0 Å². The molecule has 0 bridgehead atoms. The molecule has 0 aromatic heterocycles. The Morgan fingerprint density at radius 3 is 2.19 bits per heavy atom. The van der Waals surface area contributed by atoms with Crippen molar-refractivity contribution in [1.29, 1.82) is 0 Å². The quantitative estimate of drug-likeness (QED) is 0.765. The van der Waals surface area contributed by atoms with E-state index in [1.165, 1.54) is 24.3 Å². The molecule has 0 unspecified atom stereocenters. The maximum atomic E-state index is 12.5. The van der Waals surface area contributed by atoms with Gasteiger partial charge in [-0.15, -0.1) is 0 Å². The Bertz CT molecular complexity index is 859. The summed E-state index contributed by atoms with van der Waals surface area (Å²) in [6.45, 7) is 7.74. The van der Waals surface area contributed by atoms with Crippen molar-refractivity contribution in [2.75, 3.05) is 5.32 Å². The van der Waals surface area contributed by atoms with Crippen LogP contribution in [0.4, 0.5) is 5.69 Å². The average molecular weight is 375 g/mol. The van der Waals surface area contributed by atoms with Gasteiger partial charge in [0.1, 0.15) is 0 Å². The van der Waals surface area contributed by atoms with Crippen LogP contribution in [-0.4, -0.2) is 20.4 Å². The molecule has 0 aliphatic rings. The number of rotatable bonds is 7. The average Bonchev–Trinajstić information content (AvgIpc) is 2.60. The maximum Gasteiger partial charge on any atom is 0.255 e. The molecule has 6 heteroatoms. The maximum absolute atomic E-state index is 12.5. The van der Waals surface area contributed by atoms with Crippen LogP contribution < -0.4 is 10.0 Å². The van der Waals surface area contributed by atoms with Gasteiger partial charge in [-0.1, -0.05) is 32.0 Å². The molecular weight excluding hydrogens is 348 g/mol. The number of sulfonamides is 1. The molecule has 1 atom stereocenters. The normalized spacial score (nSPS) is 12.8. The first kappa shape index (κ1) is 20.1. The van der Waals surface area contributed by atoms with E-state index >= 15 is 0 Å². The molecule has 0 radical (unpaired) electrons. The summed E-state index contributed by atoms with van der Waals surface area (Å²) in [4.78, 5) is 12.7. The van der Waals surface area contributed by atoms with E-state index in [9.17, 15) is 13.2 Å². The van der Waals surface area contributed by atoms with Crippen LogP contribution in [0.3, 0.4) is 0 Å². The zero-order chi connectivity index (χ0) is 19.3. The molecule has 0 aliphatic carbocycles. The van der Waals surface area contributed by atoms with Crippen molar-refractivity contribution in [3.63, 3.8) is 0 Å².